The number of aromatic amines is 1. The van der Waals surface area contributed by atoms with Crippen LogP contribution in [0.15, 0.2) is 21.9 Å². The minimum absolute atomic E-state index is 0.00651. The molecular formula is C14H26N3O8P. The van der Waals surface area contributed by atoms with Crippen molar-refractivity contribution in [2.45, 2.75) is 38.8 Å². The van der Waals surface area contributed by atoms with Gasteiger partial charge in [-0.15, -0.1) is 0 Å². The Kier molecular flexibility index (Phi) is 8.35. The third kappa shape index (κ3) is 6.13. The minimum atomic E-state index is -4.04. The molecule has 0 aliphatic heterocycles. The van der Waals surface area contributed by atoms with Gasteiger partial charge in [0.2, 0.25) is 6.41 Å². The molecule has 0 fully saturated rings. The quantitative estimate of drug-likeness (QED) is 0.353. The van der Waals surface area contributed by atoms with E-state index >= 15 is 0 Å². The van der Waals surface area contributed by atoms with Crippen LogP contribution < -0.4 is 16.3 Å². The molecule has 150 valence electrons. The first kappa shape index (κ1) is 22.7. The van der Waals surface area contributed by atoms with E-state index in [9.17, 15) is 19.0 Å². The molecule has 0 bridgehead atoms. The molecule has 0 spiro atoms. The van der Waals surface area contributed by atoms with Crippen LogP contribution in [0.5, 0.6) is 0 Å². The Morgan fingerprint density at radius 2 is 2.08 bits per heavy atom. The van der Waals surface area contributed by atoms with Crippen molar-refractivity contribution >= 4 is 7.75 Å². The summed E-state index contributed by atoms with van der Waals surface area (Å²) in [6, 6.07) is 0.415. The van der Waals surface area contributed by atoms with E-state index in [1.807, 2.05) is 0 Å². The Balaban J connectivity index is 3.18. The molecule has 1 aromatic rings. The van der Waals surface area contributed by atoms with Crippen LogP contribution in [0.25, 0.3) is 0 Å². The van der Waals surface area contributed by atoms with Gasteiger partial charge in [-0.25, -0.2) is 14.4 Å². The zero-order valence-electron chi connectivity index (χ0n) is 15.4. The maximum Gasteiger partial charge on any atom is 0.403 e. The summed E-state index contributed by atoms with van der Waals surface area (Å²) in [7, 11) is -1.51. The Bertz CT molecular complexity index is 735. The highest BCUT2D eigenvalue weighted by molar-refractivity contribution is 7.50. The Morgan fingerprint density at radius 3 is 2.58 bits per heavy atom. The Morgan fingerprint density at radius 1 is 1.42 bits per heavy atom. The van der Waals surface area contributed by atoms with E-state index in [2.05, 4.69) is 14.6 Å². The SMILES string of the molecule is CCO[C@@H](OC(C)(COC)C(C)NP(=O)(O)OC)n1ccc(=O)[nH]c1=O. The summed E-state index contributed by atoms with van der Waals surface area (Å²) in [4.78, 5) is 35.1. The molecule has 1 aromatic heterocycles. The van der Waals surface area contributed by atoms with Gasteiger partial charge in [0.05, 0.1) is 6.61 Å². The van der Waals surface area contributed by atoms with E-state index in [0.29, 0.717) is 0 Å². The lowest BCUT2D eigenvalue weighted by Gasteiger charge is -2.38. The van der Waals surface area contributed by atoms with Crippen molar-refractivity contribution in [3.8, 4) is 0 Å². The fourth-order valence-corrected chi connectivity index (χ4v) is 2.99. The number of nitrogens with one attached hydrogen (secondary N) is 2. The van der Waals surface area contributed by atoms with Crippen LogP contribution in [0.1, 0.15) is 27.2 Å². The molecule has 3 unspecified atom stereocenters. The van der Waals surface area contributed by atoms with E-state index in [-0.39, 0.29) is 13.2 Å². The molecule has 1 heterocycles. The van der Waals surface area contributed by atoms with Crippen LogP contribution in [0.2, 0.25) is 0 Å². The largest absolute Gasteiger partial charge is 0.403 e. The maximum atomic E-state index is 12.0. The van der Waals surface area contributed by atoms with Crippen molar-refractivity contribution < 1.29 is 28.2 Å². The maximum absolute atomic E-state index is 12.0. The lowest BCUT2D eigenvalue weighted by Crippen LogP contribution is -2.53. The third-order valence-corrected chi connectivity index (χ3v) is 4.92. The molecule has 11 nitrogen and oxygen atoms in total. The van der Waals surface area contributed by atoms with Crippen molar-refractivity contribution in [3.63, 3.8) is 0 Å². The average molecular weight is 395 g/mol. The van der Waals surface area contributed by atoms with E-state index < -0.39 is 37.1 Å². The van der Waals surface area contributed by atoms with E-state index in [1.54, 1.807) is 20.8 Å². The van der Waals surface area contributed by atoms with Gasteiger partial charge in [-0.1, -0.05) is 0 Å². The monoisotopic (exact) mass is 395 g/mol. The van der Waals surface area contributed by atoms with Gasteiger partial charge in [0.1, 0.15) is 5.60 Å². The fourth-order valence-electron chi connectivity index (χ4n) is 2.12. The summed E-state index contributed by atoms with van der Waals surface area (Å²) in [5.41, 5.74) is -2.47. The van der Waals surface area contributed by atoms with Crippen LogP contribution >= 0.6 is 7.75 Å². The van der Waals surface area contributed by atoms with Gasteiger partial charge in [-0.05, 0) is 20.8 Å². The molecule has 3 N–H and O–H groups in total. The van der Waals surface area contributed by atoms with Gasteiger partial charge in [0.25, 0.3) is 5.56 Å². The molecule has 26 heavy (non-hydrogen) atoms. The van der Waals surface area contributed by atoms with Crippen molar-refractivity contribution in [1.82, 2.24) is 14.6 Å². The molecule has 1 rings (SSSR count). The molecule has 0 aliphatic rings. The van der Waals surface area contributed by atoms with Gasteiger partial charge in [0.15, 0.2) is 0 Å². The summed E-state index contributed by atoms with van der Waals surface area (Å²) in [5.74, 6) is 0. The van der Waals surface area contributed by atoms with Crippen LogP contribution in [0.4, 0.5) is 0 Å². The van der Waals surface area contributed by atoms with Gasteiger partial charge in [-0.3, -0.25) is 14.3 Å². The first-order valence-electron chi connectivity index (χ1n) is 7.84. The predicted octanol–water partition coefficient (Wildman–Crippen LogP) is 0.176. The lowest BCUT2D eigenvalue weighted by atomic mass is 10.00. The molecule has 12 heteroatoms. The van der Waals surface area contributed by atoms with Crippen molar-refractivity contribution in [2.24, 2.45) is 0 Å². The molecule has 0 aliphatic carbocycles. The van der Waals surface area contributed by atoms with E-state index in [1.165, 1.54) is 13.3 Å². The molecular weight excluding hydrogens is 369 g/mol. The van der Waals surface area contributed by atoms with Crippen LogP contribution in [0, 0.1) is 0 Å². The Hall–Kier alpha value is -1.33. The molecule has 0 amide bonds. The second-order valence-corrected chi connectivity index (χ2v) is 7.36. The second-order valence-electron chi connectivity index (χ2n) is 5.70. The number of ether oxygens (including phenoxy) is 3. The highest BCUT2D eigenvalue weighted by Gasteiger charge is 2.39. The molecule has 0 aromatic carbocycles. The number of hydrogen-bond acceptors (Lipinski definition) is 7. The number of aromatic nitrogens is 2. The normalized spacial score (nSPS) is 18.7. The second kappa shape index (κ2) is 9.56. The zero-order valence-corrected chi connectivity index (χ0v) is 16.3. The fraction of sp³-hybridized carbons (Fsp3) is 0.714. The molecule has 0 saturated heterocycles. The molecule has 4 atom stereocenters. The van der Waals surface area contributed by atoms with Crippen molar-refractivity contribution in [3.05, 3.63) is 33.1 Å². The topological polar surface area (TPSA) is 141 Å². The average Bonchev–Trinajstić information content (AvgIpc) is 2.54. The predicted molar refractivity (Wildman–Crippen MR) is 92.8 cm³/mol. The van der Waals surface area contributed by atoms with Crippen molar-refractivity contribution in [2.75, 3.05) is 27.4 Å². The number of nitrogens with zero attached hydrogens (tertiary/aromatic N) is 1. The smallest absolute Gasteiger partial charge is 0.382 e. The molecule has 0 saturated carbocycles. The van der Waals surface area contributed by atoms with Crippen LogP contribution in [-0.4, -0.2) is 53.5 Å². The van der Waals surface area contributed by atoms with E-state index in [0.717, 1.165) is 17.7 Å². The van der Waals surface area contributed by atoms with Gasteiger partial charge >= 0.3 is 13.4 Å². The summed E-state index contributed by atoms with van der Waals surface area (Å²) in [5, 5.41) is 2.44. The number of rotatable bonds is 11. The van der Waals surface area contributed by atoms with Crippen LogP contribution in [-0.2, 0) is 23.3 Å². The van der Waals surface area contributed by atoms with Crippen LogP contribution in [0.3, 0.4) is 0 Å². The summed E-state index contributed by atoms with van der Waals surface area (Å²) < 4.78 is 34.0. The third-order valence-electron chi connectivity index (χ3n) is 3.71. The van der Waals surface area contributed by atoms with Crippen molar-refractivity contribution in [1.29, 1.82) is 0 Å². The highest BCUT2D eigenvalue weighted by atomic mass is 31.2. The number of hydrogen-bond donors (Lipinski definition) is 3. The zero-order chi connectivity index (χ0) is 20.0. The highest BCUT2D eigenvalue weighted by Crippen LogP contribution is 2.38. The first-order valence-corrected chi connectivity index (χ1v) is 9.42. The van der Waals surface area contributed by atoms with Gasteiger partial charge < -0.3 is 23.6 Å². The van der Waals surface area contributed by atoms with E-state index in [4.69, 9.17) is 14.2 Å². The van der Waals surface area contributed by atoms with Gasteiger partial charge in [0, 0.05) is 39.1 Å². The summed E-state index contributed by atoms with van der Waals surface area (Å²) in [6.45, 7) is 5.13. The lowest BCUT2D eigenvalue weighted by molar-refractivity contribution is -0.262. The number of H-pyrrole nitrogens is 1. The summed E-state index contributed by atoms with van der Waals surface area (Å²) in [6.07, 6.45) is 0.0354. The molecule has 0 radical (unpaired) electrons. The minimum Gasteiger partial charge on any atom is -0.382 e. The van der Waals surface area contributed by atoms with Gasteiger partial charge in [-0.2, -0.15) is 0 Å². The summed E-state index contributed by atoms with van der Waals surface area (Å²) >= 11 is 0. The first-order chi connectivity index (χ1) is 12.1. The standard InChI is InChI=1S/C14H26N3O8P/c1-6-24-13(17-8-7-11(18)15-12(17)19)25-14(3,9-22-4)10(2)16-26(20,21)23-5/h7-8,10,13H,6,9H2,1-5H3,(H,15,18,19)(H2,16,20,21)/t10?,13-,14?/m0/s1. The Labute approximate surface area is 150 Å². The number of methoxy groups -OCH3 is 1.